The fourth-order valence-electron chi connectivity index (χ4n) is 3.79. The number of allylic oxidation sites excluding steroid dienone is 2. The number of benzene rings is 2. The highest BCUT2D eigenvalue weighted by Crippen LogP contribution is 2.50. The van der Waals surface area contributed by atoms with Crippen molar-refractivity contribution in [2.45, 2.75) is 18.4 Å². The molecule has 2 aromatic carbocycles. The van der Waals surface area contributed by atoms with Gasteiger partial charge in [0.1, 0.15) is 5.75 Å². The van der Waals surface area contributed by atoms with Crippen LogP contribution in [0.1, 0.15) is 35.1 Å². The number of methoxy groups -OCH3 is 1. The summed E-state index contributed by atoms with van der Waals surface area (Å²) in [4.78, 5) is 0. The summed E-state index contributed by atoms with van der Waals surface area (Å²) in [7, 11) is 1.71. The molecule has 0 spiro atoms. The Morgan fingerprint density at radius 1 is 1.17 bits per heavy atom. The van der Waals surface area contributed by atoms with Crippen LogP contribution < -0.4 is 10.1 Å². The molecule has 2 aromatic rings. The smallest absolute Gasteiger partial charge is 0.119 e. The Bertz CT molecular complexity index is 801. The van der Waals surface area contributed by atoms with E-state index in [-0.39, 0.29) is 6.04 Å². The number of ether oxygens (including phenoxy) is 1. The number of rotatable bonds is 2. The molecule has 23 heavy (non-hydrogen) atoms. The van der Waals surface area contributed by atoms with Crippen LogP contribution in [0, 0.1) is 17.2 Å². The van der Waals surface area contributed by atoms with Gasteiger partial charge in [-0.2, -0.15) is 5.26 Å². The lowest BCUT2D eigenvalue weighted by atomic mass is 9.77. The van der Waals surface area contributed by atoms with E-state index in [0.29, 0.717) is 17.4 Å². The number of hydrogen-bond donors (Lipinski definition) is 1. The van der Waals surface area contributed by atoms with Gasteiger partial charge in [0.2, 0.25) is 0 Å². The summed E-state index contributed by atoms with van der Waals surface area (Å²) in [6.07, 6.45) is 5.67. The Morgan fingerprint density at radius 3 is 2.74 bits per heavy atom. The number of hydrogen-bond acceptors (Lipinski definition) is 3. The van der Waals surface area contributed by atoms with Crippen LogP contribution in [-0.2, 0) is 0 Å². The van der Waals surface area contributed by atoms with Crippen molar-refractivity contribution >= 4 is 5.69 Å². The summed E-state index contributed by atoms with van der Waals surface area (Å²) >= 11 is 0. The second-order valence-corrected chi connectivity index (χ2v) is 6.16. The molecule has 0 radical (unpaired) electrons. The summed E-state index contributed by atoms with van der Waals surface area (Å²) in [5, 5.41) is 12.7. The van der Waals surface area contributed by atoms with Crippen LogP contribution in [0.3, 0.4) is 0 Å². The van der Waals surface area contributed by atoms with Gasteiger partial charge in [-0.05, 0) is 53.8 Å². The van der Waals surface area contributed by atoms with Crippen molar-refractivity contribution in [1.82, 2.24) is 0 Å². The summed E-state index contributed by atoms with van der Waals surface area (Å²) in [5.74, 6) is 1.82. The molecule has 0 amide bonds. The van der Waals surface area contributed by atoms with Gasteiger partial charge in [-0.3, -0.25) is 0 Å². The molecular formula is C20H18N2O. The van der Waals surface area contributed by atoms with E-state index in [1.165, 1.54) is 16.8 Å². The van der Waals surface area contributed by atoms with Crippen LogP contribution in [0.2, 0.25) is 0 Å². The van der Waals surface area contributed by atoms with Gasteiger partial charge in [0.05, 0.1) is 24.8 Å². The van der Waals surface area contributed by atoms with E-state index in [1.807, 2.05) is 18.2 Å². The molecule has 114 valence electrons. The lowest BCUT2D eigenvalue weighted by Gasteiger charge is -2.37. The van der Waals surface area contributed by atoms with Crippen molar-refractivity contribution in [1.29, 1.82) is 5.26 Å². The van der Waals surface area contributed by atoms with E-state index in [2.05, 4.69) is 47.8 Å². The molecule has 3 heteroatoms. The molecule has 1 heterocycles. The fourth-order valence-corrected chi connectivity index (χ4v) is 3.79. The summed E-state index contributed by atoms with van der Waals surface area (Å²) in [5.41, 5.74) is 4.43. The van der Waals surface area contributed by atoms with Crippen LogP contribution >= 0.6 is 0 Å². The predicted octanol–water partition coefficient (Wildman–Crippen LogP) is 4.39. The van der Waals surface area contributed by atoms with Gasteiger partial charge in [0.25, 0.3) is 0 Å². The average Bonchev–Trinajstić information content (AvgIpc) is 3.11. The van der Waals surface area contributed by atoms with Crippen LogP contribution in [0.5, 0.6) is 5.75 Å². The highest BCUT2D eigenvalue weighted by molar-refractivity contribution is 5.61. The second-order valence-electron chi connectivity index (χ2n) is 6.16. The van der Waals surface area contributed by atoms with Crippen LogP contribution in [0.25, 0.3) is 0 Å². The molecule has 0 fully saturated rings. The Hall–Kier alpha value is -2.73. The van der Waals surface area contributed by atoms with Crippen LogP contribution in [0.15, 0.2) is 54.6 Å². The van der Waals surface area contributed by atoms with E-state index < -0.39 is 0 Å². The standard InChI is InChI=1S/C20H18N2O/c1-23-15-9-10-19-18(11-15)16-3-2-4-17(16)20(22-19)14-7-5-13(12-21)6-8-14/h2-3,5-11,16-17,20,22H,4H2,1H3/t16-,17-,20-/m1/s1. The van der Waals surface area contributed by atoms with Gasteiger partial charge in [0.15, 0.2) is 0 Å². The monoisotopic (exact) mass is 302 g/mol. The zero-order chi connectivity index (χ0) is 15.8. The largest absolute Gasteiger partial charge is 0.497 e. The zero-order valence-electron chi connectivity index (χ0n) is 13.0. The Morgan fingerprint density at radius 2 is 2.00 bits per heavy atom. The topological polar surface area (TPSA) is 45.0 Å². The summed E-state index contributed by atoms with van der Waals surface area (Å²) < 4.78 is 5.38. The van der Waals surface area contributed by atoms with Gasteiger partial charge >= 0.3 is 0 Å². The highest BCUT2D eigenvalue weighted by Gasteiger charge is 2.37. The highest BCUT2D eigenvalue weighted by atomic mass is 16.5. The minimum Gasteiger partial charge on any atom is -0.497 e. The molecule has 1 aliphatic carbocycles. The van der Waals surface area contributed by atoms with Gasteiger partial charge in [-0.1, -0.05) is 24.3 Å². The zero-order valence-corrected chi connectivity index (χ0v) is 13.0. The molecule has 0 bridgehead atoms. The van der Waals surface area contributed by atoms with Crippen LogP contribution in [0.4, 0.5) is 5.69 Å². The molecule has 0 saturated carbocycles. The Balaban J connectivity index is 1.74. The second kappa shape index (κ2) is 5.48. The lowest BCUT2D eigenvalue weighted by Crippen LogP contribution is -2.29. The minimum atomic E-state index is 0.267. The third kappa shape index (κ3) is 2.27. The van der Waals surface area contributed by atoms with E-state index >= 15 is 0 Å². The number of fused-ring (bicyclic) bond motifs is 3. The normalized spacial score (nSPS) is 24.3. The van der Waals surface area contributed by atoms with Gasteiger partial charge in [-0.25, -0.2) is 0 Å². The van der Waals surface area contributed by atoms with Crippen molar-refractivity contribution in [3.8, 4) is 11.8 Å². The van der Waals surface area contributed by atoms with E-state index in [4.69, 9.17) is 10.00 Å². The number of nitriles is 1. The van der Waals surface area contributed by atoms with E-state index in [0.717, 1.165) is 12.2 Å². The van der Waals surface area contributed by atoms with Crippen molar-refractivity contribution in [2.75, 3.05) is 12.4 Å². The maximum absolute atomic E-state index is 8.98. The molecule has 0 aromatic heterocycles. The van der Waals surface area contributed by atoms with Crippen molar-refractivity contribution in [2.24, 2.45) is 5.92 Å². The summed E-state index contributed by atoms with van der Waals surface area (Å²) in [6.45, 7) is 0. The predicted molar refractivity (Wildman–Crippen MR) is 90.5 cm³/mol. The first-order valence-electron chi connectivity index (χ1n) is 7.91. The molecule has 1 N–H and O–H groups in total. The maximum Gasteiger partial charge on any atom is 0.119 e. The lowest BCUT2D eigenvalue weighted by molar-refractivity contribution is 0.405. The number of nitrogens with one attached hydrogen (secondary N) is 1. The third-order valence-corrected chi connectivity index (χ3v) is 4.97. The Kier molecular flexibility index (Phi) is 3.31. The SMILES string of the molecule is COc1ccc2c(c1)[C@@H]1C=CC[C@H]1[C@@H](c1ccc(C#N)cc1)N2. The maximum atomic E-state index is 8.98. The molecule has 0 saturated heterocycles. The van der Waals surface area contributed by atoms with Gasteiger partial charge in [0, 0.05) is 11.6 Å². The van der Waals surface area contributed by atoms with Crippen molar-refractivity contribution in [3.63, 3.8) is 0 Å². The molecule has 3 nitrogen and oxygen atoms in total. The molecule has 3 atom stereocenters. The Labute approximate surface area is 136 Å². The third-order valence-electron chi connectivity index (χ3n) is 4.97. The first-order chi connectivity index (χ1) is 11.3. The quantitative estimate of drug-likeness (QED) is 0.837. The van der Waals surface area contributed by atoms with Gasteiger partial charge < -0.3 is 10.1 Å². The molecule has 1 aliphatic heterocycles. The number of nitrogens with zero attached hydrogens (tertiary/aromatic N) is 1. The minimum absolute atomic E-state index is 0.267. The van der Waals surface area contributed by atoms with Crippen LogP contribution in [-0.4, -0.2) is 7.11 Å². The average molecular weight is 302 g/mol. The van der Waals surface area contributed by atoms with Crippen molar-refractivity contribution in [3.05, 3.63) is 71.3 Å². The van der Waals surface area contributed by atoms with Gasteiger partial charge in [-0.15, -0.1) is 0 Å². The van der Waals surface area contributed by atoms with E-state index in [1.54, 1.807) is 7.11 Å². The molecule has 0 unspecified atom stereocenters. The first kappa shape index (κ1) is 13.9. The molecular weight excluding hydrogens is 284 g/mol. The molecule has 4 rings (SSSR count). The number of anilines is 1. The van der Waals surface area contributed by atoms with E-state index in [9.17, 15) is 0 Å². The fraction of sp³-hybridized carbons (Fsp3) is 0.250. The summed E-state index contributed by atoms with van der Waals surface area (Å²) in [6, 6.07) is 16.6. The first-order valence-corrected chi connectivity index (χ1v) is 7.91. The molecule has 2 aliphatic rings. The van der Waals surface area contributed by atoms with Crippen molar-refractivity contribution < 1.29 is 4.74 Å².